The number of amides is 4. The van der Waals surface area contributed by atoms with Gasteiger partial charge in [-0.2, -0.15) is 5.10 Å². The Balaban J connectivity index is 1.33. The fraction of sp³-hybridized carbons (Fsp3) is 0.167. The predicted octanol–water partition coefficient (Wildman–Crippen LogP) is 2.13. The molecular weight excluding hydrogens is 468 g/mol. The molecule has 0 aliphatic carbocycles. The van der Waals surface area contributed by atoms with E-state index in [2.05, 4.69) is 25.7 Å². The first-order chi connectivity index (χ1) is 17.5. The molecule has 1 aliphatic heterocycles. The van der Waals surface area contributed by atoms with Crippen molar-refractivity contribution in [2.75, 3.05) is 13.7 Å². The van der Waals surface area contributed by atoms with Crippen molar-refractivity contribution in [3.05, 3.63) is 67.3 Å². The molecule has 182 valence electrons. The second kappa shape index (κ2) is 9.43. The van der Waals surface area contributed by atoms with Gasteiger partial charge in [-0.05, 0) is 42.5 Å². The van der Waals surface area contributed by atoms with Crippen LogP contribution < -0.4 is 20.1 Å². The number of imide groups is 2. The lowest BCUT2D eigenvalue weighted by atomic mass is 9.95. The highest BCUT2D eigenvalue weighted by atomic mass is 16.5. The number of nitrogens with one attached hydrogen (secondary N) is 2. The van der Waals surface area contributed by atoms with Crippen LogP contribution in [0.4, 0.5) is 4.79 Å². The van der Waals surface area contributed by atoms with Gasteiger partial charge in [0.05, 0.1) is 18.3 Å². The third-order valence-corrected chi connectivity index (χ3v) is 5.46. The maximum absolute atomic E-state index is 12.5. The second-order valence-corrected chi connectivity index (χ2v) is 7.84. The van der Waals surface area contributed by atoms with Crippen molar-refractivity contribution in [1.29, 1.82) is 0 Å². The summed E-state index contributed by atoms with van der Waals surface area (Å²) in [5.74, 6) is 0.198. The minimum atomic E-state index is -1.94. The van der Waals surface area contributed by atoms with E-state index in [1.54, 1.807) is 53.6 Å². The van der Waals surface area contributed by atoms with Gasteiger partial charge < -0.3 is 14.2 Å². The average Bonchev–Trinajstić information content (AvgIpc) is 3.31. The van der Waals surface area contributed by atoms with E-state index in [-0.39, 0.29) is 18.8 Å². The highest BCUT2D eigenvalue weighted by Gasteiger charge is 2.52. The van der Waals surface area contributed by atoms with Gasteiger partial charge in [-0.25, -0.2) is 14.5 Å². The Bertz CT molecular complexity index is 1420. The normalized spacial score (nSPS) is 14.9. The number of rotatable bonds is 8. The molecule has 36 heavy (non-hydrogen) atoms. The number of urea groups is 1. The number of ether oxygens (including phenoxy) is 3. The topological polar surface area (TPSA) is 147 Å². The molecule has 2 aromatic heterocycles. The molecule has 12 nitrogen and oxygen atoms in total. The monoisotopic (exact) mass is 488 g/mol. The van der Waals surface area contributed by atoms with Gasteiger partial charge in [0.2, 0.25) is 0 Å². The lowest BCUT2D eigenvalue weighted by molar-refractivity contribution is -0.153. The molecule has 3 heterocycles. The van der Waals surface area contributed by atoms with Crippen LogP contribution in [0.3, 0.4) is 0 Å². The number of hydrogen-bond donors (Lipinski definition) is 2. The summed E-state index contributed by atoms with van der Waals surface area (Å²) in [6.45, 7) is 0.0616. The molecule has 2 aromatic carbocycles. The van der Waals surface area contributed by atoms with Crippen LogP contribution in [0, 0.1) is 0 Å². The number of fused-ring (bicyclic) bond motifs is 1. The van der Waals surface area contributed by atoms with Gasteiger partial charge >= 0.3 is 6.03 Å². The number of methoxy groups -OCH3 is 1. The number of carbonyl (C=O) groups is 3. The van der Waals surface area contributed by atoms with E-state index in [1.165, 1.54) is 7.11 Å². The van der Waals surface area contributed by atoms with Gasteiger partial charge in [0.25, 0.3) is 17.4 Å². The van der Waals surface area contributed by atoms with Crippen LogP contribution in [0.2, 0.25) is 0 Å². The highest BCUT2D eigenvalue weighted by Crippen LogP contribution is 2.29. The number of aromatic nitrogens is 4. The smallest absolute Gasteiger partial charge is 0.328 e. The molecule has 0 bridgehead atoms. The van der Waals surface area contributed by atoms with Gasteiger partial charge in [0.1, 0.15) is 17.2 Å². The summed E-state index contributed by atoms with van der Waals surface area (Å²) in [5, 5.41) is 9.48. The van der Waals surface area contributed by atoms with Gasteiger partial charge in [-0.15, -0.1) is 0 Å². The Labute approximate surface area is 204 Å². The number of barbiturate groups is 1. The van der Waals surface area contributed by atoms with Crippen molar-refractivity contribution in [2.24, 2.45) is 0 Å². The molecular formula is C24H20N6O6. The van der Waals surface area contributed by atoms with Crippen molar-refractivity contribution >= 4 is 28.7 Å². The van der Waals surface area contributed by atoms with E-state index in [0.717, 1.165) is 10.9 Å². The molecule has 1 aliphatic rings. The maximum atomic E-state index is 12.5. The first kappa shape index (κ1) is 22.9. The van der Waals surface area contributed by atoms with E-state index < -0.39 is 23.4 Å². The van der Waals surface area contributed by atoms with E-state index in [1.807, 2.05) is 18.3 Å². The second-order valence-electron chi connectivity index (χ2n) is 7.84. The summed E-state index contributed by atoms with van der Waals surface area (Å²) < 4.78 is 18.4. The Morgan fingerprint density at radius 1 is 0.944 bits per heavy atom. The summed E-state index contributed by atoms with van der Waals surface area (Å²) in [6, 6.07) is 10.9. The minimum absolute atomic E-state index is 0.0616. The zero-order valence-corrected chi connectivity index (χ0v) is 19.0. The third kappa shape index (κ3) is 4.44. The van der Waals surface area contributed by atoms with E-state index in [0.29, 0.717) is 17.3 Å². The number of nitrogens with zero attached hydrogens (tertiary/aromatic N) is 4. The van der Waals surface area contributed by atoms with E-state index >= 15 is 0 Å². The molecule has 0 atom stereocenters. The van der Waals surface area contributed by atoms with E-state index in [9.17, 15) is 14.4 Å². The molecule has 1 saturated heterocycles. The Hall–Kier alpha value is -4.84. The fourth-order valence-corrected chi connectivity index (χ4v) is 3.67. The molecule has 4 amide bonds. The quantitative estimate of drug-likeness (QED) is 0.356. The number of hydrogen-bond acceptors (Lipinski definition) is 9. The minimum Gasteiger partial charge on any atom is -0.467 e. The Morgan fingerprint density at radius 3 is 2.36 bits per heavy atom. The van der Waals surface area contributed by atoms with Crippen molar-refractivity contribution in [1.82, 2.24) is 30.4 Å². The van der Waals surface area contributed by atoms with Crippen LogP contribution in [0.15, 0.2) is 67.3 Å². The zero-order valence-electron chi connectivity index (χ0n) is 19.0. The largest absolute Gasteiger partial charge is 0.467 e. The molecule has 0 unspecified atom stereocenters. The molecule has 0 spiro atoms. The van der Waals surface area contributed by atoms with Crippen LogP contribution in [0.1, 0.15) is 6.42 Å². The van der Waals surface area contributed by atoms with Crippen LogP contribution in [0.5, 0.6) is 17.2 Å². The lowest BCUT2D eigenvalue weighted by Crippen LogP contribution is -2.69. The lowest BCUT2D eigenvalue weighted by Gasteiger charge is -2.34. The molecule has 1 fully saturated rings. The summed E-state index contributed by atoms with van der Waals surface area (Å²) in [5.41, 5.74) is -1.18. The Morgan fingerprint density at radius 2 is 1.67 bits per heavy atom. The standard InChI is InChI=1S/C24H20N6O6/c1-34-11-8-24(21(31)27-23(33)28-22(24)32)36-17-4-2-16(3-5-17)35-18-6-7-19-15(12-18)14-30(29-19)20-13-25-9-10-26-20/h2-7,9-10,12-14H,8,11H2,1H3,(H2,27,28,31,32,33). The molecule has 5 rings (SSSR count). The molecule has 2 N–H and O–H groups in total. The predicted molar refractivity (Wildman–Crippen MR) is 125 cm³/mol. The first-order valence-corrected chi connectivity index (χ1v) is 10.9. The van der Waals surface area contributed by atoms with Gasteiger partial charge in [0, 0.05) is 37.5 Å². The SMILES string of the molecule is COCCC1(Oc2ccc(Oc3ccc4nn(-c5cnccn5)cc4c3)cc2)C(=O)NC(=O)NC1=O. The molecule has 0 saturated carbocycles. The van der Waals surface area contributed by atoms with Crippen LogP contribution in [0.25, 0.3) is 16.7 Å². The van der Waals surface area contributed by atoms with Gasteiger partial charge in [-0.1, -0.05) is 0 Å². The van der Waals surface area contributed by atoms with Crippen LogP contribution >= 0.6 is 0 Å². The average molecular weight is 488 g/mol. The molecule has 12 heteroatoms. The van der Waals surface area contributed by atoms with Gasteiger partial charge in [-0.3, -0.25) is 25.2 Å². The first-order valence-electron chi connectivity index (χ1n) is 10.9. The maximum Gasteiger partial charge on any atom is 0.328 e. The fourth-order valence-electron chi connectivity index (χ4n) is 3.67. The van der Waals surface area contributed by atoms with Gasteiger partial charge in [0.15, 0.2) is 5.82 Å². The van der Waals surface area contributed by atoms with Crippen molar-refractivity contribution in [3.8, 4) is 23.1 Å². The van der Waals surface area contributed by atoms with Crippen molar-refractivity contribution in [3.63, 3.8) is 0 Å². The highest BCUT2D eigenvalue weighted by molar-refractivity contribution is 6.21. The summed E-state index contributed by atoms with van der Waals surface area (Å²) in [6.07, 6.45) is 6.54. The van der Waals surface area contributed by atoms with Crippen molar-refractivity contribution < 1.29 is 28.6 Å². The van der Waals surface area contributed by atoms with Crippen LogP contribution in [-0.2, 0) is 14.3 Å². The van der Waals surface area contributed by atoms with E-state index in [4.69, 9.17) is 14.2 Å². The number of carbonyl (C=O) groups excluding carboxylic acids is 3. The summed E-state index contributed by atoms with van der Waals surface area (Å²) in [4.78, 5) is 44.9. The summed E-state index contributed by atoms with van der Waals surface area (Å²) in [7, 11) is 1.43. The third-order valence-electron chi connectivity index (χ3n) is 5.46. The molecule has 0 radical (unpaired) electrons. The number of benzene rings is 2. The van der Waals surface area contributed by atoms with Crippen molar-refractivity contribution in [2.45, 2.75) is 12.0 Å². The Kier molecular flexibility index (Phi) is 6.00. The summed E-state index contributed by atoms with van der Waals surface area (Å²) >= 11 is 0. The zero-order chi connectivity index (χ0) is 25.1. The molecule has 4 aromatic rings. The van der Waals surface area contributed by atoms with Crippen LogP contribution in [-0.4, -0.2) is 56.9 Å².